The molecule has 78 valence electrons. The van der Waals surface area contributed by atoms with Crippen molar-refractivity contribution < 1.29 is 4.79 Å². The zero-order valence-corrected chi connectivity index (χ0v) is 8.58. The van der Waals surface area contributed by atoms with E-state index in [-0.39, 0.29) is 5.78 Å². The van der Waals surface area contributed by atoms with Crippen LogP contribution in [0.3, 0.4) is 0 Å². The van der Waals surface area contributed by atoms with E-state index in [1.165, 1.54) is 12.3 Å². The van der Waals surface area contributed by atoms with E-state index in [0.717, 1.165) is 5.69 Å². The van der Waals surface area contributed by atoms with E-state index in [4.69, 9.17) is 0 Å². The van der Waals surface area contributed by atoms with Gasteiger partial charge in [0.05, 0.1) is 11.9 Å². The quantitative estimate of drug-likeness (QED) is 0.545. The molecule has 0 amide bonds. The Bertz CT molecular complexity index is 496. The van der Waals surface area contributed by atoms with Gasteiger partial charge in [0.25, 0.3) is 0 Å². The minimum atomic E-state index is -0.0467. The van der Waals surface area contributed by atoms with E-state index in [0.29, 0.717) is 5.57 Å². The highest BCUT2D eigenvalue weighted by molar-refractivity contribution is 6.07. The number of benzene rings is 1. The summed E-state index contributed by atoms with van der Waals surface area (Å²) >= 11 is 0. The van der Waals surface area contributed by atoms with E-state index >= 15 is 0 Å². The first-order valence-electron chi connectivity index (χ1n) is 4.91. The molecule has 16 heavy (non-hydrogen) atoms. The molecule has 0 spiro atoms. The van der Waals surface area contributed by atoms with E-state index in [1.807, 2.05) is 30.3 Å². The SMILES string of the molecule is O=C1C=CC=CC1=CN=Nc1ccccc1. The van der Waals surface area contributed by atoms with Gasteiger partial charge < -0.3 is 0 Å². The van der Waals surface area contributed by atoms with Gasteiger partial charge in [-0.15, -0.1) is 0 Å². The van der Waals surface area contributed by atoms with Crippen molar-refractivity contribution >= 4 is 11.5 Å². The van der Waals surface area contributed by atoms with E-state index in [9.17, 15) is 4.79 Å². The summed E-state index contributed by atoms with van der Waals surface area (Å²) in [5, 5.41) is 7.85. The second-order valence-corrected chi connectivity index (χ2v) is 3.22. The Hall–Kier alpha value is -2.29. The lowest BCUT2D eigenvalue weighted by Crippen LogP contribution is -1.97. The van der Waals surface area contributed by atoms with Crippen molar-refractivity contribution in [3.05, 3.63) is 66.4 Å². The van der Waals surface area contributed by atoms with Crippen LogP contribution in [0.1, 0.15) is 0 Å². The van der Waals surface area contributed by atoms with Crippen molar-refractivity contribution in [2.45, 2.75) is 0 Å². The van der Waals surface area contributed by atoms with Gasteiger partial charge in [0.15, 0.2) is 5.78 Å². The molecule has 1 aromatic rings. The molecule has 0 bridgehead atoms. The third-order valence-electron chi connectivity index (χ3n) is 2.05. The molecule has 0 saturated carbocycles. The van der Waals surface area contributed by atoms with Crippen LogP contribution in [-0.2, 0) is 4.79 Å². The summed E-state index contributed by atoms with van der Waals surface area (Å²) in [6.45, 7) is 0. The fourth-order valence-corrected chi connectivity index (χ4v) is 1.24. The third kappa shape index (κ3) is 2.60. The predicted molar refractivity (Wildman–Crippen MR) is 62.3 cm³/mol. The second-order valence-electron chi connectivity index (χ2n) is 3.22. The van der Waals surface area contributed by atoms with Crippen LogP contribution < -0.4 is 0 Å². The Kier molecular flexibility index (Phi) is 3.18. The number of carbonyl (C=O) groups is 1. The largest absolute Gasteiger partial charge is 0.289 e. The summed E-state index contributed by atoms with van der Waals surface area (Å²) in [5.74, 6) is -0.0467. The van der Waals surface area contributed by atoms with Gasteiger partial charge in [0, 0.05) is 5.57 Å². The zero-order valence-electron chi connectivity index (χ0n) is 8.58. The highest BCUT2D eigenvalue weighted by atomic mass is 16.1. The van der Waals surface area contributed by atoms with Crippen LogP contribution in [0.5, 0.6) is 0 Å². The number of allylic oxidation sites excluding steroid dienone is 5. The molecule has 0 saturated heterocycles. The summed E-state index contributed by atoms with van der Waals surface area (Å²) < 4.78 is 0. The maximum Gasteiger partial charge on any atom is 0.187 e. The van der Waals surface area contributed by atoms with Gasteiger partial charge in [-0.3, -0.25) is 4.79 Å². The summed E-state index contributed by atoms with van der Waals surface area (Å²) in [7, 11) is 0. The fourth-order valence-electron chi connectivity index (χ4n) is 1.24. The lowest BCUT2D eigenvalue weighted by Gasteiger charge is -1.97. The van der Waals surface area contributed by atoms with Crippen molar-refractivity contribution in [1.82, 2.24) is 0 Å². The highest BCUT2D eigenvalue weighted by Crippen LogP contribution is 2.12. The number of hydrogen-bond acceptors (Lipinski definition) is 3. The molecule has 1 aliphatic carbocycles. The molecule has 0 heterocycles. The van der Waals surface area contributed by atoms with Gasteiger partial charge >= 0.3 is 0 Å². The number of rotatable bonds is 2. The third-order valence-corrected chi connectivity index (χ3v) is 2.05. The summed E-state index contributed by atoms with van der Waals surface area (Å²) in [4.78, 5) is 11.3. The molecule has 0 fully saturated rings. The monoisotopic (exact) mass is 210 g/mol. The molecule has 3 nitrogen and oxygen atoms in total. The average molecular weight is 210 g/mol. The standard InChI is InChI=1S/C13H10N2O/c16-13-9-5-4-6-11(13)10-14-15-12-7-2-1-3-8-12/h1-10H. The van der Waals surface area contributed by atoms with Gasteiger partial charge in [0.1, 0.15) is 0 Å². The predicted octanol–water partition coefficient (Wildman–Crippen LogP) is 3.35. The minimum Gasteiger partial charge on any atom is -0.289 e. The molecular formula is C13H10N2O. The lowest BCUT2D eigenvalue weighted by atomic mass is 10.1. The molecule has 1 aliphatic rings. The van der Waals surface area contributed by atoms with Crippen molar-refractivity contribution in [3.8, 4) is 0 Å². The van der Waals surface area contributed by atoms with Gasteiger partial charge in [0.2, 0.25) is 0 Å². The number of nitrogens with zero attached hydrogens (tertiary/aromatic N) is 2. The van der Waals surface area contributed by atoms with E-state index in [1.54, 1.807) is 18.2 Å². The first kappa shape index (κ1) is 10.2. The Balaban J connectivity index is 2.09. The Morgan fingerprint density at radius 3 is 2.50 bits per heavy atom. The smallest absolute Gasteiger partial charge is 0.187 e. The molecule has 1 aromatic carbocycles. The van der Waals surface area contributed by atoms with Crippen LogP contribution in [0.25, 0.3) is 0 Å². The molecule has 0 aliphatic heterocycles. The lowest BCUT2D eigenvalue weighted by molar-refractivity contribution is -0.111. The number of azo groups is 1. The summed E-state index contributed by atoms with van der Waals surface area (Å²) in [5.41, 5.74) is 1.31. The minimum absolute atomic E-state index is 0.0467. The Morgan fingerprint density at radius 1 is 1.00 bits per heavy atom. The second kappa shape index (κ2) is 4.98. The maximum atomic E-state index is 11.3. The zero-order chi connectivity index (χ0) is 11.2. The Labute approximate surface area is 93.5 Å². The van der Waals surface area contributed by atoms with Crippen LogP contribution in [0.2, 0.25) is 0 Å². The van der Waals surface area contributed by atoms with Gasteiger partial charge in [-0.1, -0.05) is 30.4 Å². The molecule has 0 N–H and O–H groups in total. The Morgan fingerprint density at radius 2 is 1.75 bits per heavy atom. The van der Waals surface area contributed by atoms with Crippen molar-refractivity contribution in [2.24, 2.45) is 10.2 Å². The first-order chi connectivity index (χ1) is 7.86. The van der Waals surface area contributed by atoms with E-state index in [2.05, 4.69) is 10.2 Å². The molecule has 0 unspecified atom stereocenters. The average Bonchev–Trinajstić information content (AvgIpc) is 2.33. The summed E-state index contributed by atoms with van der Waals surface area (Å²) in [6, 6.07) is 9.38. The van der Waals surface area contributed by atoms with E-state index < -0.39 is 0 Å². The molecule has 0 aromatic heterocycles. The van der Waals surface area contributed by atoms with Crippen LogP contribution in [0.15, 0.2) is 76.6 Å². The molecule has 3 heteroatoms. The molecule has 0 atom stereocenters. The van der Waals surface area contributed by atoms with Gasteiger partial charge in [-0.2, -0.15) is 10.2 Å². The highest BCUT2D eigenvalue weighted by Gasteiger charge is 2.03. The van der Waals surface area contributed by atoms with Gasteiger partial charge in [-0.25, -0.2) is 0 Å². The number of carbonyl (C=O) groups excluding carboxylic acids is 1. The topological polar surface area (TPSA) is 41.8 Å². The van der Waals surface area contributed by atoms with Crippen LogP contribution in [0.4, 0.5) is 5.69 Å². The molecular weight excluding hydrogens is 200 g/mol. The van der Waals surface area contributed by atoms with Crippen LogP contribution in [-0.4, -0.2) is 5.78 Å². The van der Waals surface area contributed by atoms with Crippen molar-refractivity contribution in [2.75, 3.05) is 0 Å². The maximum absolute atomic E-state index is 11.3. The number of hydrogen-bond donors (Lipinski definition) is 0. The van der Waals surface area contributed by atoms with Crippen LogP contribution in [0, 0.1) is 0 Å². The fraction of sp³-hybridized carbons (Fsp3) is 0. The number of ketones is 1. The van der Waals surface area contributed by atoms with Crippen molar-refractivity contribution in [3.63, 3.8) is 0 Å². The van der Waals surface area contributed by atoms with Crippen LogP contribution >= 0.6 is 0 Å². The van der Waals surface area contributed by atoms with Crippen molar-refractivity contribution in [1.29, 1.82) is 0 Å². The molecule has 0 radical (unpaired) electrons. The first-order valence-corrected chi connectivity index (χ1v) is 4.91. The van der Waals surface area contributed by atoms with Gasteiger partial charge in [-0.05, 0) is 24.3 Å². The normalized spacial score (nSPS) is 17.5. The summed E-state index contributed by atoms with van der Waals surface area (Å²) in [6.07, 6.45) is 8.19. The molecule has 2 rings (SSSR count).